The van der Waals surface area contributed by atoms with Gasteiger partial charge in [-0.15, -0.1) is 22.7 Å². The first-order valence-electron chi connectivity index (χ1n) is 8.32. The number of carbonyl (C=O) groups excluding carboxylic acids is 1. The Morgan fingerprint density at radius 1 is 1.30 bits per heavy atom. The number of aromatic nitrogens is 3. The van der Waals surface area contributed by atoms with E-state index in [0.717, 1.165) is 25.1 Å². The van der Waals surface area contributed by atoms with Crippen molar-refractivity contribution in [2.75, 3.05) is 11.6 Å². The summed E-state index contributed by atoms with van der Waals surface area (Å²) in [7, 11) is 0. The molecule has 0 aliphatic carbocycles. The van der Waals surface area contributed by atoms with E-state index in [1.54, 1.807) is 34.4 Å². The molecule has 1 N–H and O–H groups in total. The molecule has 9 heteroatoms. The highest BCUT2D eigenvalue weighted by atomic mass is 32.2. The first-order valence-corrected chi connectivity index (χ1v) is 11.2. The molecular formula is C18H16N4O2S3. The largest absolute Gasteiger partial charge is 0.339 e. The molecule has 0 aliphatic heterocycles. The zero-order valence-corrected chi connectivity index (χ0v) is 16.9. The lowest BCUT2D eigenvalue weighted by Gasteiger charge is -2.04. The van der Waals surface area contributed by atoms with Gasteiger partial charge in [0.1, 0.15) is 0 Å². The molecule has 0 fully saturated rings. The Morgan fingerprint density at radius 3 is 3.04 bits per heavy atom. The third kappa shape index (κ3) is 4.37. The molecule has 3 heterocycles. The van der Waals surface area contributed by atoms with Gasteiger partial charge < -0.3 is 9.84 Å². The number of anilines is 1. The number of thioether (sulfide) groups is 1. The number of thiophene rings is 1. The first-order chi connectivity index (χ1) is 13.2. The van der Waals surface area contributed by atoms with Crippen LogP contribution in [0.5, 0.6) is 0 Å². The zero-order chi connectivity index (χ0) is 18.6. The summed E-state index contributed by atoms with van der Waals surface area (Å²) in [6.07, 6.45) is 3.63. The molecule has 0 saturated carbocycles. The molecule has 4 aromatic rings. The molecule has 0 unspecified atom stereocenters. The van der Waals surface area contributed by atoms with Crippen molar-refractivity contribution >= 4 is 56.2 Å². The minimum absolute atomic E-state index is 0.0260. The summed E-state index contributed by atoms with van der Waals surface area (Å²) >= 11 is 4.82. The first kappa shape index (κ1) is 18.1. The molecule has 6 nitrogen and oxygen atoms in total. The van der Waals surface area contributed by atoms with Gasteiger partial charge in [-0.1, -0.05) is 23.0 Å². The normalized spacial score (nSPS) is 11.1. The topological polar surface area (TPSA) is 80.9 Å². The maximum Gasteiger partial charge on any atom is 0.226 e. The van der Waals surface area contributed by atoms with Gasteiger partial charge in [-0.3, -0.25) is 4.79 Å². The van der Waals surface area contributed by atoms with E-state index < -0.39 is 0 Å². The minimum atomic E-state index is -0.0260. The predicted octanol–water partition coefficient (Wildman–Crippen LogP) is 5.09. The van der Waals surface area contributed by atoms with Crippen LogP contribution in [0.15, 0.2) is 44.6 Å². The fraction of sp³-hybridized carbons (Fsp3) is 0.222. The lowest BCUT2D eigenvalue weighted by atomic mass is 10.2. The van der Waals surface area contributed by atoms with Crippen LogP contribution < -0.4 is 5.32 Å². The Hall–Kier alpha value is -2.23. The molecule has 0 bridgehead atoms. The third-order valence-corrected chi connectivity index (χ3v) is 6.70. The van der Waals surface area contributed by atoms with E-state index in [0.29, 0.717) is 31.0 Å². The van der Waals surface area contributed by atoms with Gasteiger partial charge >= 0.3 is 0 Å². The molecule has 1 aromatic carbocycles. The second-order valence-corrected chi connectivity index (χ2v) is 8.79. The number of nitrogens with zero attached hydrogens (tertiary/aromatic N) is 3. The Bertz CT molecular complexity index is 1060. The smallest absolute Gasteiger partial charge is 0.226 e. The Morgan fingerprint density at radius 2 is 2.22 bits per heavy atom. The summed E-state index contributed by atoms with van der Waals surface area (Å²) < 4.78 is 7.35. The number of hydrogen-bond acceptors (Lipinski definition) is 8. The molecule has 0 aliphatic rings. The Kier molecular flexibility index (Phi) is 5.51. The molecule has 1 amide bonds. The second-order valence-electron chi connectivity index (χ2n) is 5.76. The number of carbonyl (C=O) groups is 1. The highest BCUT2D eigenvalue weighted by Crippen LogP contribution is 2.30. The molecule has 3 aromatic heterocycles. The molecule has 0 saturated heterocycles. The van der Waals surface area contributed by atoms with Gasteiger partial charge in [-0.25, -0.2) is 4.98 Å². The lowest BCUT2D eigenvalue weighted by molar-refractivity contribution is -0.116. The average molecular weight is 417 g/mol. The van der Waals surface area contributed by atoms with E-state index in [1.165, 1.54) is 0 Å². The number of fused-ring (bicyclic) bond motifs is 1. The molecule has 0 spiro atoms. The van der Waals surface area contributed by atoms with Crippen LogP contribution in [0.3, 0.4) is 0 Å². The summed E-state index contributed by atoms with van der Waals surface area (Å²) in [6.45, 7) is 0. The summed E-state index contributed by atoms with van der Waals surface area (Å²) in [5.41, 5.74) is 1.75. The van der Waals surface area contributed by atoms with Crippen LogP contribution in [0, 0.1) is 0 Å². The van der Waals surface area contributed by atoms with Crippen molar-refractivity contribution in [2.45, 2.75) is 23.6 Å². The van der Waals surface area contributed by atoms with Crippen molar-refractivity contribution < 1.29 is 9.32 Å². The van der Waals surface area contributed by atoms with E-state index in [1.807, 2.05) is 42.0 Å². The van der Waals surface area contributed by atoms with Crippen LogP contribution in [0.1, 0.15) is 18.7 Å². The van der Waals surface area contributed by atoms with Crippen molar-refractivity contribution in [2.24, 2.45) is 0 Å². The standard InChI is InChI=1S/C18H16N4O2S3/c1-25-18-20-12-8-7-11(10-14(12)27-18)19-15(23)5-2-6-16-21-17(22-24-16)13-4-3-9-26-13/h3-4,7-10H,2,5-6H2,1H3,(H,19,23). The minimum Gasteiger partial charge on any atom is -0.339 e. The van der Waals surface area contributed by atoms with Crippen molar-refractivity contribution in [1.82, 2.24) is 15.1 Å². The van der Waals surface area contributed by atoms with Crippen molar-refractivity contribution in [1.29, 1.82) is 0 Å². The lowest BCUT2D eigenvalue weighted by Crippen LogP contribution is -2.11. The highest BCUT2D eigenvalue weighted by molar-refractivity contribution is 8.00. The van der Waals surface area contributed by atoms with E-state index >= 15 is 0 Å². The number of nitrogens with one attached hydrogen (secondary N) is 1. The van der Waals surface area contributed by atoms with Crippen LogP contribution in [0.25, 0.3) is 20.9 Å². The zero-order valence-electron chi connectivity index (χ0n) is 14.5. The van der Waals surface area contributed by atoms with Crippen molar-refractivity contribution in [3.63, 3.8) is 0 Å². The quantitative estimate of drug-likeness (QED) is 0.423. The van der Waals surface area contributed by atoms with Gasteiger partial charge in [-0.2, -0.15) is 4.98 Å². The van der Waals surface area contributed by atoms with Crippen LogP contribution >= 0.6 is 34.4 Å². The maximum absolute atomic E-state index is 12.2. The van der Waals surface area contributed by atoms with Gasteiger partial charge in [0, 0.05) is 18.5 Å². The fourth-order valence-electron chi connectivity index (χ4n) is 2.55. The van der Waals surface area contributed by atoms with E-state index in [-0.39, 0.29) is 5.91 Å². The van der Waals surface area contributed by atoms with Crippen LogP contribution in [0.2, 0.25) is 0 Å². The maximum atomic E-state index is 12.2. The van der Waals surface area contributed by atoms with Crippen LogP contribution in [0.4, 0.5) is 5.69 Å². The molecule has 27 heavy (non-hydrogen) atoms. The van der Waals surface area contributed by atoms with Crippen LogP contribution in [-0.4, -0.2) is 27.3 Å². The monoisotopic (exact) mass is 416 g/mol. The summed E-state index contributed by atoms with van der Waals surface area (Å²) in [5.74, 6) is 1.13. The number of aryl methyl sites for hydroxylation is 1. The number of benzene rings is 1. The second kappa shape index (κ2) is 8.20. The van der Waals surface area contributed by atoms with Crippen molar-refractivity contribution in [3.8, 4) is 10.7 Å². The van der Waals surface area contributed by atoms with Gasteiger partial charge in [0.2, 0.25) is 17.6 Å². The molecule has 4 rings (SSSR count). The van der Waals surface area contributed by atoms with Gasteiger partial charge in [0.15, 0.2) is 4.34 Å². The summed E-state index contributed by atoms with van der Waals surface area (Å²) in [6, 6.07) is 9.69. The molecule has 0 radical (unpaired) electrons. The number of rotatable bonds is 7. The van der Waals surface area contributed by atoms with E-state index in [9.17, 15) is 4.79 Å². The molecule has 0 atom stereocenters. The summed E-state index contributed by atoms with van der Waals surface area (Å²) in [4.78, 5) is 22.1. The number of amides is 1. The van der Waals surface area contributed by atoms with E-state index in [2.05, 4.69) is 20.4 Å². The Balaban J connectivity index is 1.29. The number of thiazole rings is 1. The third-order valence-electron chi connectivity index (χ3n) is 3.83. The number of hydrogen-bond donors (Lipinski definition) is 1. The van der Waals surface area contributed by atoms with Crippen LogP contribution in [-0.2, 0) is 11.2 Å². The SMILES string of the molecule is CSc1nc2ccc(NC(=O)CCCc3nc(-c4cccs4)no3)cc2s1. The Labute approximate surface area is 168 Å². The molecular weight excluding hydrogens is 400 g/mol. The van der Waals surface area contributed by atoms with Crippen molar-refractivity contribution in [3.05, 3.63) is 41.6 Å². The van der Waals surface area contributed by atoms with Gasteiger partial charge in [0.05, 0.1) is 15.1 Å². The predicted molar refractivity (Wildman–Crippen MR) is 111 cm³/mol. The van der Waals surface area contributed by atoms with Gasteiger partial charge in [0.25, 0.3) is 0 Å². The highest BCUT2D eigenvalue weighted by Gasteiger charge is 2.11. The van der Waals surface area contributed by atoms with E-state index in [4.69, 9.17) is 4.52 Å². The van der Waals surface area contributed by atoms with Gasteiger partial charge in [-0.05, 0) is 42.3 Å². The fourth-order valence-corrected chi connectivity index (χ4v) is 4.73. The molecule has 138 valence electrons. The summed E-state index contributed by atoms with van der Waals surface area (Å²) in [5, 5.41) is 8.90. The average Bonchev–Trinajstić information content (AvgIpc) is 3.41.